The summed E-state index contributed by atoms with van der Waals surface area (Å²) in [6.07, 6.45) is 0. The van der Waals surface area contributed by atoms with Crippen LogP contribution >= 0.6 is 12.2 Å². The number of thiocarbonyl (C=S) groups is 1. The summed E-state index contributed by atoms with van der Waals surface area (Å²) in [5.74, 6) is 0. The van der Waals surface area contributed by atoms with Gasteiger partial charge in [-0.05, 0) is 12.2 Å². The van der Waals surface area contributed by atoms with Crippen molar-refractivity contribution in [2.24, 2.45) is 0 Å². The summed E-state index contributed by atoms with van der Waals surface area (Å²) in [5, 5.41) is 7.26. The molecule has 0 aromatic heterocycles. The van der Waals surface area contributed by atoms with Gasteiger partial charge < -0.3 is 5.11 Å². The molecule has 0 aromatic carbocycles. The van der Waals surface area contributed by atoms with Gasteiger partial charge in [-0.15, -0.1) is 0 Å². The van der Waals surface area contributed by atoms with Crippen LogP contribution in [0.1, 0.15) is 0 Å². The van der Waals surface area contributed by atoms with Crippen molar-refractivity contribution in [1.82, 2.24) is 0 Å². The average Bonchev–Trinajstić information content (AvgIpc) is 0.918. The van der Waals surface area contributed by atoms with Crippen LogP contribution in [0.4, 0.5) is 0 Å². The first-order chi connectivity index (χ1) is 1.41. The maximum absolute atomic E-state index is 7.26. The van der Waals surface area contributed by atoms with Crippen LogP contribution in [-0.2, 0) is 0 Å². The SMILES string of the molecule is OC=S.[CsH]. The van der Waals surface area contributed by atoms with Crippen LogP contribution in [0.3, 0.4) is 0 Å². The molecular formula is CH3CsOS. The van der Waals surface area contributed by atoms with E-state index in [2.05, 4.69) is 12.2 Å². The van der Waals surface area contributed by atoms with Crippen molar-refractivity contribution in [2.75, 3.05) is 0 Å². The van der Waals surface area contributed by atoms with Crippen molar-refractivity contribution in [2.45, 2.75) is 0 Å². The molecule has 0 aliphatic carbocycles. The van der Waals surface area contributed by atoms with E-state index >= 15 is 0 Å². The first kappa shape index (κ1) is 9.34. The van der Waals surface area contributed by atoms with Crippen molar-refractivity contribution in [1.29, 1.82) is 0 Å². The van der Waals surface area contributed by atoms with Gasteiger partial charge in [0.2, 0.25) is 0 Å². The first-order valence-electron chi connectivity index (χ1n) is 0.494. The van der Waals surface area contributed by atoms with Crippen LogP contribution < -0.4 is 0 Å². The Bertz CT molecular complexity index is 15.5. The number of aliphatic hydroxyl groups is 1. The van der Waals surface area contributed by atoms with Gasteiger partial charge in [-0.3, -0.25) is 0 Å². The second-order valence-corrected chi connectivity index (χ2v) is 0.316. The Morgan fingerprint density at radius 1 is 1.75 bits per heavy atom. The van der Waals surface area contributed by atoms with E-state index in [4.69, 9.17) is 5.11 Å². The Kier molecular flexibility index (Phi) is 20.7. The molecule has 0 bridgehead atoms. The third-order valence-corrected chi connectivity index (χ3v) is 0. The molecule has 0 heterocycles. The zero-order chi connectivity index (χ0) is 2.71. The standard InChI is InChI=1S/CH2OS.Cs.H/c2-1-3;;/h1H,(H,2,3);;. The quantitative estimate of drug-likeness (QED) is 0.544. The Labute approximate surface area is 89.2 Å². The molecule has 0 aliphatic rings. The van der Waals surface area contributed by atoms with E-state index in [1.165, 1.54) is 0 Å². The molecule has 0 amide bonds. The van der Waals surface area contributed by atoms with Crippen LogP contribution in [0.25, 0.3) is 0 Å². The molecule has 4 heavy (non-hydrogen) atoms. The number of aliphatic hydroxyl groups excluding tert-OH is 1. The third kappa shape index (κ3) is 9.05. The monoisotopic (exact) mass is 196 g/mol. The molecule has 1 N–H and O–H groups in total. The van der Waals surface area contributed by atoms with E-state index in [1.807, 2.05) is 0 Å². The Balaban J connectivity index is 0. The molecule has 0 aliphatic heterocycles. The molecule has 0 aromatic rings. The molecule has 3 heteroatoms. The van der Waals surface area contributed by atoms with Gasteiger partial charge in [-0.2, -0.15) is 0 Å². The number of hydrogen-bond acceptors (Lipinski definition) is 1. The first-order valence-corrected chi connectivity index (χ1v) is 0.965. The number of hydrogen-bond donors (Lipinski definition) is 1. The second-order valence-electron chi connectivity index (χ2n) is 0.105. The summed E-state index contributed by atoms with van der Waals surface area (Å²) in [5.41, 5.74) is 0.583. The maximum atomic E-state index is 7.26. The fourth-order valence-electron chi connectivity index (χ4n) is 0. The topological polar surface area (TPSA) is 20.2 Å². The van der Waals surface area contributed by atoms with Gasteiger partial charge in [-0.25, -0.2) is 0 Å². The third-order valence-electron chi connectivity index (χ3n) is 0. The predicted molar refractivity (Wildman–Crippen MR) is 23.4 cm³/mol. The average molecular weight is 196 g/mol. The summed E-state index contributed by atoms with van der Waals surface area (Å²) in [6.45, 7) is 0. The Hall–Kier alpha value is 1.94. The molecule has 0 unspecified atom stereocenters. The van der Waals surface area contributed by atoms with Crippen LogP contribution in [0, 0.1) is 0 Å². The molecule has 0 radical (unpaired) electrons. The summed E-state index contributed by atoms with van der Waals surface area (Å²) in [4.78, 5) is 0. The fraction of sp³-hybridized carbons (Fsp3) is 0. The van der Waals surface area contributed by atoms with Crippen molar-refractivity contribution >= 4 is 86.7 Å². The van der Waals surface area contributed by atoms with Gasteiger partial charge in [0.15, 0.2) is 0 Å². The van der Waals surface area contributed by atoms with Crippen molar-refractivity contribution in [3.63, 3.8) is 0 Å². The molecule has 1 nitrogen and oxygen atoms in total. The molecule has 20 valence electrons. The summed E-state index contributed by atoms with van der Waals surface area (Å²) >= 11 is 3.82. The van der Waals surface area contributed by atoms with Gasteiger partial charge in [-0.1, -0.05) is 0 Å². The van der Waals surface area contributed by atoms with Crippen LogP contribution in [0.5, 0.6) is 0 Å². The van der Waals surface area contributed by atoms with Crippen molar-refractivity contribution in [3.8, 4) is 0 Å². The van der Waals surface area contributed by atoms with Gasteiger partial charge in [0, 0.05) is 0 Å². The molecule has 0 atom stereocenters. The minimum atomic E-state index is 0. The van der Waals surface area contributed by atoms with E-state index < -0.39 is 0 Å². The van der Waals surface area contributed by atoms with E-state index in [0.29, 0.717) is 5.55 Å². The van der Waals surface area contributed by atoms with E-state index in [9.17, 15) is 0 Å². The molecule has 0 rings (SSSR count). The molecular weight excluding hydrogens is 193 g/mol. The van der Waals surface area contributed by atoms with Crippen molar-refractivity contribution in [3.05, 3.63) is 0 Å². The van der Waals surface area contributed by atoms with Crippen LogP contribution in [0.15, 0.2) is 0 Å². The summed E-state index contributed by atoms with van der Waals surface area (Å²) in [6, 6.07) is 0. The zero-order valence-electron chi connectivity index (χ0n) is 1.43. The predicted octanol–water partition coefficient (Wildman–Crippen LogP) is -0.147. The van der Waals surface area contributed by atoms with E-state index in [1.54, 1.807) is 0 Å². The molecule has 0 saturated carbocycles. The molecule has 0 saturated heterocycles. The van der Waals surface area contributed by atoms with Gasteiger partial charge >= 0.3 is 68.9 Å². The normalized spacial score (nSPS) is 3.00. The van der Waals surface area contributed by atoms with Crippen LogP contribution in [0.2, 0.25) is 0 Å². The Morgan fingerprint density at radius 2 is 1.75 bits per heavy atom. The molecule has 0 spiro atoms. The van der Waals surface area contributed by atoms with Gasteiger partial charge in [0.05, 0.1) is 0 Å². The van der Waals surface area contributed by atoms with E-state index in [-0.39, 0.29) is 68.9 Å². The fourth-order valence-corrected chi connectivity index (χ4v) is 0. The summed E-state index contributed by atoms with van der Waals surface area (Å²) in [7, 11) is 0. The molecule has 0 fully saturated rings. The summed E-state index contributed by atoms with van der Waals surface area (Å²) < 4.78 is 0. The second kappa shape index (κ2) is 8.87. The zero-order valence-corrected chi connectivity index (χ0v) is 2.25. The minimum absolute atomic E-state index is 0. The van der Waals surface area contributed by atoms with Crippen LogP contribution in [-0.4, -0.2) is 79.6 Å². The van der Waals surface area contributed by atoms with Gasteiger partial charge in [0.1, 0.15) is 5.55 Å². The van der Waals surface area contributed by atoms with Crippen molar-refractivity contribution < 1.29 is 5.11 Å². The van der Waals surface area contributed by atoms with Gasteiger partial charge in [0.25, 0.3) is 0 Å². The van der Waals surface area contributed by atoms with E-state index in [0.717, 1.165) is 0 Å². The Morgan fingerprint density at radius 3 is 1.75 bits per heavy atom. The number of rotatable bonds is 0.